The highest BCUT2D eigenvalue weighted by Crippen LogP contribution is 2.26. The van der Waals surface area contributed by atoms with Crippen molar-refractivity contribution < 1.29 is 0 Å². The van der Waals surface area contributed by atoms with Crippen LogP contribution in [0.1, 0.15) is 42.7 Å². The largest absolute Gasteiger partial charge is 0.271 e. The fourth-order valence-electron chi connectivity index (χ4n) is 2.58. The van der Waals surface area contributed by atoms with E-state index in [0.29, 0.717) is 6.42 Å². The number of nitrogens with zero attached hydrogens (tertiary/aromatic N) is 4. The molecule has 0 saturated carbocycles. The van der Waals surface area contributed by atoms with Crippen molar-refractivity contribution >= 4 is 11.6 Å². The van der Waals surface area contributed by atoms with Gasteiger partial charge in [-0.05, 0) is 26.3 Å². The van der Waals surface area contributed by atoms with Crippen LogP contribution in [0.2, 0.25) is 5.02 Å². The first-order valence-electron chi connectivity index (χ1n) is 7.22. The van der Waals surface area contributed by atoms with Gasteiger partial charge in [-0.3, -0.25) is 20.6 Å². The van der Waals surface area contributed by atoms with Crippen molar-refractivity contribution in [2.24, 2.45) is 12.9 Å². The predicted octanol–water partition coefficient (Wildman–Crippen LogP) is 1.91. The Bertz CT molecular complexity index is 615. The summed E-state index contributed by atoms with van der Waals surface area (Å²) >= 11 is 6.42. The van der Waals surface area contributed by atoms with E-state index in [1.165, 1.54) is 0 Å². The maximum atomic E-state index is 6.42. The summed E-state index contributed by atoms with van der Waals surface area (Å²) in [4.78, 5) is 0. The summed E-state index contributed by atoms with van der Waals surface area (Å²) in [6, 6.07) is 2.00. The molecular weight excluding hydrogens is 288 g/mol. The van der Waals surface area contributed by atoms with Gasteiger partial charge in [-0.15, -0.1) is 0 Å². The van der Waals surface area contributed by atoms with Crippen molar-refractivity contribution in [2.45, 2.75) is 46.2 Å². The van der Waals surface area contributed by atoms with Crippen LogP contribution in [0.5, 0.6) is 0 Å². The highest BCUT2D eigenvalue weighted by Gasteiger charge is 2.21. The Morgan fingerprint density at radius 2 is 2.10 bits per heavy atom. The van der Waals surface area contributed by atoms with Gasteiger partial charge in [0.15, 0.2) is 0 Å². The van der Waals surface area contributed by atoms with Crippen molar-refractivity contribution in [3.63, 3.8) is 0 Å². The summed E-state index contributed by atoms with van der Waals surface area (Å²) in [5.74, 6) is 5.76. The van der Waals surface area contributed by atoms with Crippen LogP contribution in [0.4, 0.5) is 0 Å². The maximum Gasteiger partial charge on any atom is 0.0850 e. The third-order valence-corrected chi connectivity index (χ3v) is 4.13. The molecule has 1 unspecified atom stereocenters. The third-order valence-electron chi connectivity index (χ3n) is 3.69. The molecule has 0 saturated heterocycles. The van der Waals surface area contributed by atoms with E-state index in [9.17, 15) is 0 Å². The fraction of sp³-hybridized carbons (Fsp3) is 0.571. The molecule has 0 aliphatic rings. The van der Waals surface area contributed by atoms with Crippen LogP contribution in [0.25, 0.3) is 0 Å². The number of hydrogen-bond donors (Lipinski definition) is 2. The fourth-order valence-corrected chi connectivity index (χ4v) is 2.95. The zero-order valence-electron chi connectivity index (χ0n) is 13.0. The van der Waals surface area contributed by atoms with E-state index >= 15 is 0 Å². The standard InChI is InChI=1S/C14H23ClN6/c1-5-10-14(15)13(20(4)19-10)8-11(17-16)12-7-9(3)18-21(12)6-2/h7,11,17H,5-6,8,16H2,1-4H3. The summed E-state index contributed by atoms with van der Waals surface area (Å²) in [5, 5.41) is 9.66. The second-order valence-corrected chi connectivity index (χ2v) is 5.51. The molecule has 0 radical (unpaired) electrons. The van der Waals surface area contributed by atoms with Crippen molar-refractivity contribution in [1.29, 1.82) is 0 Å². The first-order chi connectivity index (χ1) is 10.0. The number of nitrogens with two attached hydrogens (primary N) is 1. The summed E-state index contributed by atoms with van der Waals surface area (Å²) in [7, 11) is 1.91. The number of rotatable bonds is 6. The molecule has 2 aromatic rings. The number of nitrogens with one attached hydrogen (secondary N) is 1. The van der Waals surface area contributed by atoms with Crippen molar-refractivity contribution in [1.82, 2.24) is 25.0 Å². The zero-order chi connectivity index (χ0) is 15.6. The van der Waals surface area contributed by atoms with Crippen LogP contribution in [-0.4, -0.2) is 19.6 Å². The summed E-state index contributed by atoms with van der Waals surface area (Å²) < 4.78 is 3.80. The molecule has 21 heavy (non-hydrogen) atoms. The van der Waals surface area contributed by atoms with Crippen molar-refractivity contribution in [3.05, 3.63) is 33.9 Å². The van der Waals surface area contributed by atoms with Gasteiger partial charge in [-0.25, -0.2) is 0 Å². The van der Waals surface area contributed by atoms with Gasteiger partial charge in [-0.1, -0.05) is 18.5 Å². The van der Waals surface area contributed by atoms with Gasteiger partial charge in [0.2, 0.25) is 0 Å². The second-order valence-electron chi connectivity index (χ2n) is 5.13. The minimum atomic E-state index is -0.0521. The molecular formula is C14H23ClN6. The van der Waals surface area contributed by atoms with E-state index in [2.05, 4.69) is 28.6 Å². The molecule has 3 N–H and O–H groups in total. The minimum absolute atomic E-state index is 0.0521. The first kappa shape index (κ1) is 16.0. The number of halogens is 1. The van der Waals surface area contributed by atoms with Crippen LogP contribution in [-0.2, 0) is 26.4 Å². The van der Waals surface area contributed by atoms with Gasteiger partial charge < -0.3 is 0 Å². The monoisotopic (exact) mass is 310 g/mol. The van der Waals surface area contributed by atoms with Crippen LogP contribution < -0.4 is 11.3 Å². The summed E-state index contributed by atoms with van der Waals surface area (Å²) in [5.41, 5.74) is 6.83. The molecule has 2 heterocycles. The second kappa shape index (κ2) is 6.60. The van der Waals surface area contributed by atoms with Gasteiger partial charge in [-0.2, -0.15) is 10.2 Å². The Labute approximate surface area is 130 Å². The Hall–Kier alpha value is -1.37. The lowest BCUT2D eigenvalue weighted by Crippen LogP contribution is -2.32. The molecule has 0 amide bonds. The van der Waals surface area contributed by atoms with E-state index in [-0.39, 0.29) is 6.04 Å². The van der Waals surface area contributed by atoms with Gasteiger partial charge >= 0.3 is 0 Å². The molecule has 2 rings (SSSR count). The highest BCUT2D eigenvalue weighted by molar-refractivity contribution is 6.31. The molecule has 0 fully saturated rings. The van der Waals surface area contributed by atoms with Crippen LogP contribution in [0.15, 0.2) is 6.07 Å². The molecule has 2 aromatic heterocycles. The molecule has 6 nitrogen and oxygen atoms in total. The smallest absolute Gasteiger partial charge is 0.0850 e. The molecule has 116 valence electrons. The average molecular weight is 311 g/mol. The summed E-state index contributed by atoms with van der Waals surface area (Å²) in [6.07, 6.45) is 1.49. The Kier molecular flexibility index (Phi) is 5.03. The number of aromatic nitrogens is 4. The molecule has 0 bridgehead atoms. The van der Waals surface area contributed by atoms with Crippen LogP contribution in [0, 0.1) is 6.92 Å². The van der Waals surface area contributed by atoms with Crippen molar-refractivity contribution in [3.8, 4) is 0 Å². The normalized spacial score (nSPS) is 12.9. The van der Waals surface area contributed by atoms with E-state index in [1.54, 1.807) is 0 Å². The number of hydrazine groups is 1. The van der Waals surface area contributed by atoms with Gasteiger partial charge in [0.25, 0.3) is 0 Å². The minimum Gasteiger partial charge on any atom is -0.271 e. The molecule has 1 atom stereocenters. The quantitative estimate of drug-likeness (QED) is 0.631. The number of hydrogen-bond acceptors (Lipinski definition) is 4. The van der Waals surface area contributed by atoms with Gasteiger partial charge in [0.05, 0.1) is 33.8 Å². The van der Waals surface area contributed by atoms with Crippen molar-refractivity contribution in [2.75, 3.05) is 0 Å². The van der Waals surface area contributed by atoms with Crippen LogP contribution in [0.3, 0.4) is 0 Å². The topological polar surface area (TPSA) is 73.7 Å². The molecule has 0 aromatic carbocycles. The number of aryl methyl sites for hydroxylation is 4. The Morgan fingerprint density at radius 3 is 2.62 bits per heavy atom. The van der Waals surface area contributed by atoms with E-state index in [0.717, 1.165) is 40.8 Å². The van der Waals surface area contributed by atoms with E-state index in [1.807, 2.05) is 30.3 Å². The maximum absolute atomic E-state index is 6.42. The average Bonchev–Trinajstić information content (AvgIpc) is 2.97. The molecule has 7 heteroatoms. The summed E-state index contributed by atoms with van der Waals surface area (Å²) in [6.45, 7) is 6.90. The zero-order valence-corrected chi connectivity index (χ0v) is 13.8. The van der Waals surface area contributed by atoms with Crippen LogP contribution >= 0.6 is 11.6 Å². The van der Waals surface area contributed by atoms with Gasteiger partial charge in [0.1, 0.15) is 0 Å². The highest BCUT2D eigenvalue weighted by atomic mass is 35.5. The van der Waals surface area contributed by atoms with E-state index in [4.69, 9.17) is 17.4 Å². The lowest BCUT2D eigenvalue weighted by atomic mass is 10.1. The predicted molar refractivity (Wildman–Crippen MR) is 84.0 cm³/mol. The lowest BCUT2D eigenvalue weighted by molar-refractivity contribution is 0.478. The molecule has 0 aliphatic heterocycles. The Morgan fingerprint density at radius 1 is 1.38 bits per heavy atom. The lowest BCUT2D eigenvalue weighted by Gasteiger charge is -2.17. The first-order valence-corrected chi connectivity index (χ1v) is 7.60. The molecule has 0 aliphatic carbocycles. The van der Waals surface area contributed by atoms with Gasteiger partial charge in [0, 0.05) is 20.0 Å². The molecule has 0 spiro atoms. The SMILES string of the molecule is CCc1nn(C)c(CC(NN)c2cc(C)nn2CC)c1Cl. The van der Waals surface area contributed by atoms with E-state index < -0.39 is 0 Å². The Balaban J connectivity index is 2.33. The third kappa shape index (κ3) is 3.12.